The molecule has 2 aromatic rings. The maximum absolute atomic E-state index is 13.1. The third-order valence-corrected chi connectivity index (χ3v) is 5.22. The number of hydrogen-bond acceptors (Lipinski definition) is 6. The molecule has 0 saturated carbocycles. The smallest absolute Gasteiger partial charge is 0.335 e. The summed E-state index contributed by atoms with van der Waals surface area (Å²) in [5.74, 6) is -0.847. The van der Waals surface area contributed by atoms with Crippen LogP contribution in [-0.4, -0.2) is 31.1 Å². The number of carbonyl (C=O) groups excluding carboxylic acids is 3. The van der Waals surface area contributed by atoms with E-state index in [-0.39, 0.29) is 12.2 Å². The summed E-state index contributed by atoms with van der Waals surface area (Å²) >= 11 is 3.37. The largest absolute Gasteiger partial charge is 0.490 e. The number of nitrogens with one attached hydrogen (secondary N) is 1. The monoisotopic (exact) mass is 497 g/mol. The van der Waals surface area contributed by atoms with E-state index in [1.54, 1.807) is 31.2 Å². The fourth-order valence-electron chi connectivity index (χ4n) is 3.12. The van der Waals surface area contributed by atoms with E-state index in [0.717, 1.165) is 16.9 Å². The van der Waals surface area contributed by atoms with E-state index >= 15 is 0 Å². The lowest BCUT2D eigenvalue weighted by Crippen LogP contribution is -2.54. The molecule has 0 spiro atoms. The average molecular weight is 498 g/mol. The van der Waals surface area contributed by atoms with Crippen LogP contribution in [0.5, 0.6) is 11.5 Å². The van der Waals surface area contributed by atoms with E-state index in [2.05, 4.69) is 21.2 Å². The third-order valence-electron chi connectivity index (χ3n) is 4.63. The zero-order valence-electron chi connectivity index (χ0n) is 17.5. The molecule has 1 fully saturated rings. The first-order chi connectivity index (χ1) is 15.4. The summed E-state index contributed by atoms with van der Waals surface area (Å²) in [6, 6.07) is 11.3. The van der Waals surface area contributed by atoms with Crippen LogP contribution >= 0.6 is 15.9 Å². The molecule has 1 heterocycles. The van der Waals surface area contributed by atoms with Gasteiger partial charge in [-0.05, 0) is 70.7 Å². The first-order valence-electron chi connectivity index (χ1n) is 9.86. The summed E-state index contributed by atoms with van der Waals surface area (Å²) in [6.07, 6.45) is 2.19. The number of aryl methyl sites for hydroxylation is 1. The van der Waals surface area contributed by atoms with Gasteiger partial charge in [0.05, 0.1) is 16.8 Å². The van der Waals surface area contributed by atoms with Crippen LogP contribution in [0.4, 0.5) is 10.5 Å². The highest BCUT2D eigenvalue weighted by molar-refractivity contribution is 9.10. The summed E-state index contributed by atoms with van der Waals surface area (Å²) in [5.41, 5.74) is 1.68. The molecule has 0 radical (unpaired) electrons. The minimum atomic E-state index is -0.808. The van der Waals surface area contributed by atoms with Gasteiger partial charge in [0.15, 0.2) is 18.1 Å². The number of benzene rings is 2. The number of ether oxygens (including phenoxy) is 2. The molecule has 2 aromatic carbocycles. The van der Waals surface area contributed by atoms with Crippen LogP contribution in [0.15, 0.2) is 46.4 Å². The van der Waals surface area contributed by atoms with Crippen LogP contribution in [-0.2, 0) is 16.0 Å². The number of nitriles is 1. The van der Waals surface area contributed by atoms with Gasteiger partial charge in [-0.25, -0.2) is 9.69 Å². The molecule has 32 heavy (non-hydrogen) atoms. The Labute approximate surface area is 193 Å². The van der Waals surface area contributed by atoms with Gasteiger partial charge in [-0.3, -0.25) is 14.9 Å². The Morgan fingerprint density at radius 3 is 2.47 bits per heavy atom. The number of rotatable bonds is 7. The molecule has 0 atom stereocenters. The molecule has 9 heteroatoms. The number of hydrogen-bond donors (Lipinski definition) is 1. The van der Waals surface area contributed by atoms with Crippen molar-refractivity contribution >= 4 is 45.5 Å². The molecule has 164 valence electrons. The lowest BCUT2D eigenvalue weighted by molar-refractivity contribution is -0.122. The summed E-state index contributed by atoms with van der Waals surface area (Å²) in [7, 11) is 0. The van der Waals surface area contributed by atoms with E-state index < -0.39 is 17.8 Å². The fraction of sp³-hybridized carbons (Fsp3) is 0.217. The van der Waals surface area contributed by atoms with Crippen molar-refractivity contribution in [2.24, 2.45) is 0 Å². The summed E-state index contributed by atoms with van der Waals surface area (Å²) in [4.78, 5) is 38.8. The second-order valence-electron chi connectivity index (χ2n) is 6.69. The first-order valence-corrected chi connectivity index (χ1v) is 10.6. The van der Waals surface area contributed by atoms with Crippen molar-refractivity contribution in [1.29, 1.82) is 5.26 Å². The molecule has 8 nitrogen and oxygen atoms in total. The molecule has 4 amide bonds. The van der Waals surface area contributed by atoms with E-state index in [1.807, 2.05) is 25.1 Å². The number of anilines is 1. The van der Waals surface area contributed by atoms with Crippen molar-refractivity contribution in [2.75, 3.05) is 18.1 Å². The highest BCUT2D eigenvalue weighted by Crippen LogP contribution is 2.37. The van der Waals surface area contributed by atoms with Crippen molar-refractivity contribution < 1.29 is 23.9 Å². The molecular formula is C23H20BrN3O5. The number of nitrogens with zero attached hydrogens (tertiary/aromatic N) is 2. The number of urea groups is 1. The molecule has 3 rings (SSSR count). The minimum Gasteiger partial charge on any atom is -0.490 e. The SMILES string of the molecule is CCOc1cc(/C=C2/C(=O)NC(=O)N(c3ccc(CC)cc3)C2=O)cc(Br)c1OCC#N. The Morgan fingerprint density at radius 2 is 1.84 bits per heavy atom. The standard InChI is InChI=1S/C23H20BrN3O5/c1-3-14-5-7-16(8-6-14)27-22(29)17(21(28)26-23(27)30)11-15-12-18(24)20(32-10-9-25)19(13-15)31-4-2/h5-8,11-13H,3-4,10H2,1-2H3,(H,26,28,30)/b17-11-. The van der Waals surface area contributed by atoms with E-state index in [1.165, 1.54) is 6.08 Å². The molecule has 0 bridgehead atoms. The van der Waals surface area contributed by atoms with Gasteiger partial charge in [0.2, 0.25) is 0 Å². The van der Waals surface area contributed by atoms with Gasteiger partial charge in [0.25, 0.3) is 11.8 Å². The van der Waals surface area contributed by atoms with Crippen molar-refractivity contribution in [2.45, 2.75) is 20.3 Å². The zero-order valence-corrected chi connectivity index (χ0v) is 19.1. The number of barbiturate groups is 1. The van der Waals surface area contributed by atoms with Crippen LogP contribution in [0.25, 0.3) is 6.08 Å². The van der Waals surface area contributed by atoms with Gasteiger partial charge < -0.3 is 9.47 Å². The van der Waals surface area contributed by atoms with E-state index in [4.69, 9.17) is 14.7 Å². The Morgan fingerprint density at radius 1 is 1.12 bits per heavy atom. The van der Waals surface area contributed by atoms with Gasteiger partial charge >= 0.3 is 6.03 Å². The molecule has 0 aliphatic carbocycles. The van der Waals surface area contributed by atoms with Gasteiger partial charge in [-0.15, -0.1) is 0 Å². The van der Waals surface area contributed by atoms with Crippen LogP contribution in [0.3, 0.4) is 0 Å². The number of imide groups is 2. The maximum atomic E-state index is 13.1. The quantitative estimate of drug-likeness (QED) is 0.457. The van der Waals surface area contributed by atoms with Crippen LogP contribution in [0, 0.1) is 11.3 Å². The topological polar surface area (TPSA) is 109 Å². The summed E-state index contributed by atoms with van der Waals surface area (Å²) in [6.45, 7) is 3.95. The van der Waals surface area contributed by atoms with E-state index in [0.29, 0.717) is 33.8 Å². The van der Waals surface area contributed by atoms with Crippen molar-refractivity contribution in [3.63, 3.8) is 0 Å². The maximum Gasteiger partial charge on any atom is 0.335 e. The Balaban J connectivity index is 2.00. The van der Waals surface area contributed by atoms with Crippen molar-refractivity contribution in [3.05, 3.63) is 57.6 Å². The molecule has 1 aliphatic heterocycles. The Hall–Kier alpha value is -3.64. The van der Waals surface area contributed by atoms with Gasteiger partial charge in [-0.2, -0.15) is 5.26 Å². The number of carbonyl (C=O) groups is 3. The Bertz CT molecular complexity index is 1140. The number of halogens is 1. The van der Waals surface area contributed by atoms with Crippen molar-refractivity contribution in [3.8, 4) is 17.6 Å². The molecule has 1 N–H and O–H groups in total. The summed E-state index contributed by atoms with van der Waals surface area (Å²) < 4.78 is 11.5. The molecule has 1 aliphatic rings. The predicted molar refractivity (Wildman–Crippen MR) is 121 cm³/mol. The van der Waals surface area contributed by atoms with Crippen LogP contribution in [0.2, 0.25) is 0 Å². The molecule has 1 saturated heterocycles. The third kappa shape index (κ3) is 4.81. The number of amides is 4. The van der Waals surface area contributed by atoms with E-state index in [9.17, 15) is 14.4 Å². The molecular weight excluding hydrogens is 478 g/mol. The average Bonchev–Trinajstić information content (AvgIpc) is 2.76. The fourth-order valence-corrected chi connectivity index (χ4v) is 3.69. The first kappa shape index (κ1) is 23.0. The lowest BCUT2D eigenvalue weighted by Gasteiger charge is -2.26. The highest BCUT2D eigenvalue weighted by atomic mass is 79.9. The molecule has 0 unspecified atom stereocenters. The van der Waals surface area contributed by atoms with Gasteiger partial charge in [-0.1, -0.05) is 19.1 Å². The normalized spacial score (nSPS) is 14.9. The second-order valence-corrected chi connectivity index (χ2v) is 7.54. The summed E-state index contributed by atoms with van der Waals surface area (Å²) in [5, 5.41) is 11.0. The highest BCUT2D eigenvalue weighted by Gasteiger charge is 2.36. The second kappa shape index (κ2) is 10.1. The van der Waals surface area contributed by atoms with Crippen LogP contribution < -0.4 is 19.7 Å². The predicted octanol–water partition coefficient (Wildman–Crippen LogP) is 3.98. The molecule has 0 aromatic heterocycles. The minimum absolute atomic E-state index is 0.173. The van der Waals surface area contributed by atoms with Crippen molar-refractivity contribution in [1.82, 2.24) is 5.32 Å². The zero-order chi connectivity index (χ0) is 23.3. The van der Waals surface area contributed by atoms with Crippen LogP contribution in [0.1, 0.15) is 25.0 Å². The lowest BCUT2D eigenvalue weighted by atomic mass is 10.1. The van der Waals surface area contributed by atoms with Gasteiger partial charge in [0, 0.05) is 0 Å². The Kier molecular flexibility index (Phi) is 7.28. The van der Waals surface area contributed by atoms with Gasteiger partial charge in [0.1, 0.15) is 11.6 Å².